The summed E-state index contributed by atoms with van der Waals surface area (Å²) in [5.74, 6) is 0.301. The second-order valence-corrected chi connectivity index (χ2v) is 3.32. The van der Waals surface area contributed by atoms with Crippen LogP contribution in [-0.4, -0.2) is 11.1 Å². The summed E-state index contributed by atoms with van der Waals surface area (Å²) in [6, 6.07) is 7.57. The van der Waals surface area contributed by atoms with Crippen molar-refractivity contribution in [3.8, 4) is 5.75 Å². The maximum Gasteiger partial charge on any atom is 0.138 e. The van der Waals surface area contributed by atoms with E-state index in [4.69, 9.17) is 0 Å². The van der Waals surface area contributed by atoms with Gasteiger partial charge in [-0.05, 0) is 18.6 Å². The number of phenolic OH excluding ortho intramolecular Hbond substituents is 1. The second-order valence-electron chi connectivity index (χ2n) is 3.32. The molecule has 1 aromatic carbocycles. The quantitative estimate of drug-likeness (QED) is 0.698. The fraction of sp³-hybridized carbons (Fsp3) is 0.167. The van der Waals surface area contributed by atoms with Crippen LogP contribution >= 0.6 is 0 Å². The zero-order valence-electron chi connectivity index (χ0n) is 7.85. The van der Waals surface area contributed by atoms with Crippen molar-refractivity contribution in [3.63, 3.8) is 0 Å². The molecular weight excluding hydrogens is 174 g/mol. The van der Waals surface area contributed by atoms with Crippen LogP contribution in [0.15, 0.2) is 48.6 Å². The highest BCUT2D eigenvalue weighted by Crippen LogP contribution is 2.23. The highest BCUT2D eigenvalue weighted by molar-refractivity contribution is 5.56. The fourth-order valence-corrected chi connectivity index (χ4v) is 1.48. The SMILES string of the molecule is Oc1ccccc1N[C@H]1C=CC=CC1. The average Bonchev–Trinajstić information content (AvgIpc) is 2.23. The Kier molecular flexibility index (Phi) is 2.54. The number of benzene rings is 1. The van der Waals surface area contributed by atoms with E-state index >= 15 is 0 Å². The van der Waals surface area contributed by atoms with Crippen LogP contribution in [0.5, 0.6) is 5.75 Å². The van der Waals surface area contributed by atoms with E-state index in [1.54, 1.807) is 6.07 Å². The molecule has 0 heterocycles. The van der Waals surface area contributed by atoms with E-state index < -0.39 is 0 Å². The molecule has 2 heteroatoms. The van der Waals surface area contributed by atoms with E-state index in [1.807, 2.05) is 30.4 Å². The summed E-state index contributed by atoms with van der Waals surface area (Å²) in [6.07, 6.45) is 9.21. The molecule has 0 saturated carbocycles. The van der Waals surface area contributed by atoms with E-state index in [1.165, 1.54) is 0 Å². The summed E-state index contributed by atoms with van der Waals surface area (Å²) < 4.78 is 0. The highest BCUT2D eigenvalue weighted by Gasteiger charge is 2.06. The Balaban J connectivity index is 2.07. The lowest BCUT2D eigenvalue weighted by atomic mass is 10.1. The molecular formula is C12H13NO. The maximum absolute atomic E-state index is 9.54. The fourth-order valence-electron chi connectivity index (χ4n) is 1.48. The molecule has 1 aliphatic carbocycles. The lowest BCUT2D eigenvalue weighted by Crippen LogP contribution is -2.16. The zero-order valence-corrected chi connectivity index (χ0v) is 7.85. The minimum Gasteiger partial charge on any atom is -0.506 e. The van der Waals surface area contributed by atoms with Gasteiger partial charge in [-0.15, -0.1) is 0 Å². The van der Waals surface area contributed by atoms with Crippen molar-refractivity contribution in [2.75, 3.05) is 5.32 Å². The van der Waals surface area contributed by atoms with Crippen LogP contribution < -0.4 is 5.32 Å². The summed E-state index contributed by atoms with van der Waals surface area (Å²) in [7, 11) is 0. The minimum absolute atomic E-state index is 0.285. The van der Waals surface area contributed by atoms with Crippen molar-refractivity contribution in [3.05, 3.63) is 48.6 Å². The van der Waals surface area contributed by atoms with Gasteiger partial charge in [-0.3, -0.25) is 0 Å². The molecule has 0 amide bonds. The number of nitrogens with one attached hydrogen (secondary N) is 1. The molecule has 14 heavy (non-hydrogen) atoms. The van der Waals surface area contributed by atoms with E-state index in [2.05, 4.69) is 17.5 Å². The number of aromatic hydroxyl groups is 1. The summed E-state index contributed by atoms with van der Waals surface area (Å²) >= 11 is 0. The van der Waals surface area contributed by atoms with Crippen LogP contribution in [0.1, 0.15) is 6.42 Å². The molecule has 1 atom stereocenters. The smallest absolute Gasteiger partial charge is 0.138 e. The summed E-state index contributed by atoms with van der Waals surface area (Å²) in [4.78, 5) is 0. The average molecular weight is 187 g/mol. The summed E-state index contributed by atoms with van der Waals surface area (Å²) in [5.41, 5.74) is 0.789. The summed E-state index contributed by atoms with van der Waals surface area (Å²) in [6.45, 7) is 0. The van der Waals surface area contributed by atoms with Gasteiger partial charge in [0.15, 0.2) is 0 Å². The third-order valence-electron chi connectivity index (χ3n) is 2.23. The third-order valence-corrected chi connectivity index (χ3v) is 2.23. The molecule has 0 aromatic heterocycles. The van der Waals surface area contributed by atoms with Gasteiger partial charge in [-0.2, -0.15) is 0 Å². The van der Waals surface area contributed by atoms with Crippen molar-refractivity contribution in [2.45, 2.75) is 12.5 Å². The van der Waals surface area contributed by atoms with Gasteiger partial charge in [0.2, 0.25) is 0 Å². The van der Waals surface area contributed by atoms with Crippen molar-refractivity contribution in [1.29, 1.82) is 0 Å². The number of hydrogen-bond acceptors (Lipinski definition) is 2. The Morgan fingerprint density at radius 3 is 2.79 bits per heavy atom. The van der Waals surface area contributed by atoms with Gasteiger partial charge in [0.25, 0.3) is 0 Å². The molecule has 1 aromatic rings. The molecule has 0 unspecified atom stereocenters. The molecule has 0 bridgehead atoms. The van der Waals surface area contributed by atoms with Crippen molar-refractivity contribution in [2.24, 2.45) is 0 Å². The first kappa shape index (κ1) is 8.88. The van der Waals surface area contributed by atoms with E-state index in [0.29, 0.717) is 5.75 Å². The van der Waals surface area contributed by atoms with Gasteiger partial charge in [0.1, 0.15) is 5.75 Å². The van der Waals surface area contributed by atoms with E-state index in [-0.39, 0.29) is 6.04 Å². The van der Waals surface area contributed by atoms with Gasteiger partial charge < -0.3 is 10.4 Å². The zero-order chi connectivity index (χ0) is 9.80. The molecule has 72 valence electrons. The molecule has 2 N–H and O–H groups in total. The Labute approximate surface area is 83.6 Å². The monoisotopic (exact) mass is 187 g/mol. The van der Waals surface area contributed by atoms with Gasteiger partial charge >= 0.3 is 0 Å². The minimum atomic E-state index is 0.285. The number of hydrogen-bond donors (Lipinski definition) is 2. The van der Waals surface area contributed by atoms with Crippen LogP contribution in [0.3, 0.4) is 0 Å². The van der Waals surface area contributed by atoms with Gasteiger partial charge in [-0.25, -0.2) is 0 Å². The molecule has 0 fully saturated rings. The topological polar surface area (TPSA) is 32.3 Å². The Morgan fingerprint density at radius 1 is 1.21 bits per heavy atom. The van der Waals surface area contributed by atoms with Crippen molar-refractivity contribution in [1.82, 2.24) is 0 Å². The van der Waals surface area contributed by atoms with Crippen molar-refractivity contribution < 1.29 is 5.11 Å². The summed E-state index contributed by atoms with van der Waals surface area (Å²) in [5, 5.41) is 12.8. The van der Waals surface area contributed by atoms with Gasteiger partial charge in [0, 0.05) is 6.04 Å². The van der Waals surface area contributed by atoms with E-state index in [9.17, 15) is 5.11 Å². The molecule has 1 aliphatic rings. The predicted octanol–water partition coefficient (Wildman–Crippen LogP) is 2.69. The van der Waals surface area contributed by atoms with Crippen LogP contribution in [0, 0.1) is 0 Å². The number of rotatable bonds is 2. The number of allylic oxidation sites excluding steroid dienone is 2. The first-order valence-corrected chi connectivity index (χ1v) is 4.74. The largest absolute Gasteiger partial charge is 0.506 e. The van der Waals surface area contributed by atoms with Gasteiger partial charge in [-0.1, -0.05) is 36.4 Å². The second kappa shape index (κ2) is 4.01. The number of para-hydroxylation sites is 2. The van der Waals surface area contributed by atoms with Crippen molar-refractivity contribution >= 4 is 5.69 Å². The highest BCUT2D eigenvalue weighted by atomic mass is 16.3. The molecule has 0 saturated heterocycles. The maximum atomic E-state index is 9.54. The van der Waals surface area contributed by atoms with Crippen LogP contribution in [-0.2, 0) is 0 Å². The number of phenols is 1. The molecule has 2 nitrogen and oxygen atoms in total. The van der Waals surface area contributed by atoms with Gasteiger partial charge in [0.05, 0.1) is 5.69 Å². The normalized spacial score (nSPS) is 19.6. The first-order chi connectivity index (χ1) is 6.86. The molecule has 0 aliphatic heterocycles. The lowest BCUT2D eigenvalue weighted by Gasteiger charge is -2.17. The Morgan fingerprint density at radius 2 is 2.07 bits per heavy atom. The van der Waals surface area contributed by atoms with Crippen LogP contribution in [0.25, 0.3) is 0 Å². The molecule has 0 radical (unpaired) electrons. The Hall–Kier alpha value is -1.70. The molecule has 0 spiro atoms. The molecule has 2 rings (SSSR count). The number of anilines is 1. The Bertz CT molecular complexity index is 368. The van der Waals surface area contributed by atoms with Crippen LogP contribution in [0.2, 0.25) is 0 Å². The van der Waals surface area contributed by atoms with E-state index in [0.717, 1.165) is 12.1 Å². The predicted molar refractivity (Wildman–Crippen MR) is 58.4 cm³/mol. The lowest BCUT2D eigenvalue weighted by molar-refractivity contribution is 0.477. The third kappa shape index (κ3) is 1.96. The van der Waals surface area contributed by atoms with Crippen LogP contribution in [0.4, 0.5) is 5.69 Å². The first-order valence-electron chi connectivity index (χ1n) is 4.74. The standard InChI is InChI=1S/C12H13NO/c14-12-9-5-4-8-11(12)13-10-6-2-1-3-7-10/h1-6,8-10,13-14H,7H2/t10-/m0/s1.